The molecule has 0 amide bonds. The van der Waals surface area contributed by atoms with E-state index in [1.54, 1.807) is 7.11 Å². The zero-order valence-electron chi connectivity index (χ0n) is 12.8. The van der Waals surface area contributed by atoms with Gasteiger partial charge in [-0.15, -0.1) is 0 Å². The minimum Gasteiger partial charge on any atom is -0.496 e. The van der Waals surface area contributed by atoms with Crippen LogP contribution in [0.25, 0.3) is 0 Å². The number of benzene rings is 2. The predicted molar refractivity (Wildman–Crippen MR) is 85.5 cm³/mol. The van der Waals surface area contributed by atoms with Crippen LogP contribution in [0.5, 0.6) is 5.75 Å². The highest BCUT2D eigenvalue weighted by molar-refractivity contribution is 6.00. The Hall–Kier alpha value is -2.09. The molecule has 0 radical (unpaired) electrons. The van der Waals surface area contributed by atoms with E-state index < -0.39 is 0 Å². The largest absolute Gasteiger partial charge is 0.496 e. The molecule has 0 N–H and O–H groups in total. The van der Waals surface area contributed by atoms with Crippen molar-refractivity contribution in [1.82, 2.24) is 0 Å². The summed E-state index contributed by atoms with van der Waals surface area (Å²) >= 11 is 0. The van der Waals surface area contributed by atoms with Gasteiger partial charge in [0.15, 0.2) is 0 Å². The first-order valence-corrected chi connectivity index (χ1v) is 6.79. The van der Waals surface area contributed by atoms with Crippen molar-refractivity contribution < 1.29 is 4.74 Å². The molecule has 2 aromatic rings. The topological polar surface area (TPSA) is 21.6 Å². The summed E-state index contributed by atoms with van der Waals surface area (Å²) in [6.45, 7) is 8.24. The van der Waals surface area contributed by atoms with E-state index in [2.05, 4.69) is 43.3 Å². The smallest absolute Gasteiger partial charge is 0.124 e. The Labute approximate surface area is 121 Å². The van der Waals surface area contributed by atoms with Crippen LogP contribution in [0.15, 0.2) is 41.4 Å². The van der Waals surface area contributed by atoms with E-state index in [1.165, 1.54) is 5.56 Å². The second-order valence-electron chi connectivity index (χ2n) is 5.18. The van der Waals surface area contributed by atoms with Gasteiger partial charge in [0.2, 0.25) is 0 Å². The third-order valence-electron chi connectivity index (χ3n) is 3.38. The van der Waals surface area contributed by atoms with Crippen molar-refractivity contribution in [2.45, 2.75) is 27.7 Å². The van der Waals surface area contributed by atoms with Crippen LogP contribution in [0.3, 0.4) is 0 Å². The minimum absolute atomic E-state index is 0.942. The molecule has 0 heterocycles. The fourth-order valence-electron chi connectivity index (χ4n) is 2.44. The zero-order chi connectivity index (χ0) is 14.7. The number of nitrogens with zero attached hydrogens (tertiary/aromatic N) is 1. The molecule has 2 aromatic carbocycles. The van der Waals surface area contributed by atoms with E-state index in [0.717, 1.165) is 33.8 Å². The molecule has 0 fully saturated rings. The van der Waals surface area contributed by atoms with Crippen molar-refractivity contribution in [3.05, 3.63) is 58.7 Å². The van der Waals surface area contributed by atoms with Crippen molar-refractivity contribution >= 4 is 11.4 Å². The number of methoxy groups -OCH3 is 1. The van der Waals surface area contributed by atoms with Gasteiger partial charge < -0.3 is 4.74 Å². The molecule has 0 unspecified atom stereocenters. The van der Waals surface area contributed by atoms with Crippen molar-refractivity contribution in [2.75, 3.05) is 7.11 Å². The van der Waals surface area contributed by atoms with Crippen LogP contribution in [-0.2, 0) is 0 Å². The third-order valence-corrected chi connectivity index (χ3v) is 3.38. The summed E-state index contributed by atoms with van der Waals surface area (Å²) in [4.78, 5) is 4.73. The molecule has 20 heavy (non-hydrogen) atoms. The maximum Gasteiger partial charge on any atom is 0.124 e. The molecule has 0 saturated heterocycles. The lowest BCUT2D eigenvalue weighted by molar-refractivity contribution is 0.408. The average Bonchev–Trinajstić information content (AvgIpc) is 2.38. The lowest BCUT2D eigenvalue weighted by Gasteiger charge is -2.10. The average molecular weight is 267 g/mol. The monoisotopic (exact) mass is 267 g/mol. The van der Waals surface area contributed by atoms with Crippen molar-refractivity contribution in [2.24, 2.45) is 4.99 Å². The van der Waals surface area contributed by atoms with Gasteiger partial charge in [0.05, 0.1) is 12.8 Å². The number of hydrogen-bond acceptors (Lipinski definition) is 2. The molecule has 0 atom stereocenters. The number of hydrogen-bond donors (Lipinski definition) is 0. The second-order valence-corrected chi connectivity index (χ2v) is 5.18. The van der Waals surface area contributed by atoms with Gasteiger partial charge in [-0.1, -0.05) is 29.8 Å². The van der Waals surface area contributed by atoms with Crippen molar-refractivity contribution in [3.8, 4) is 5.75 Å². The molecule has 2 nitrogen and oxygen atoms in total. The van der Waals surface area contributed by atoms with E-state index in [-0.39, 0.29) is 0 Å². The fraction of sp³-hybridized carbons (Fsp3) is 0.278. The summed E-state index contributed by atoms with van der Waals surface area (Å²) in [6, 6.07) is 12.5. The van der Waals surface area contributed by atoms with Crippen LogP contribution >= 0.6 is 0 Å². The SMILES string of the molecule is COc1c(C)cc(N=C(C)c2cccc(C)c2)cc1C. The normalized spacial score (nSPS) is 11.6. The van der Waals surface area contributed by atoms with Gasteiger partial charge in [-0.2, -0.15) is 0 Å². The summed E-state index contributed by atoms with van der Waals surface area (Å²) in [5, 5.41) is 0. The van der Waals surface area contributed by atoms with Gasteiger partial charge in [0.25, 0.3) is 0 Å². The number of rotatable bonds is 3. The fourth-order valence-corrected chi connectivity index (χ4v) is 2.44. The van der Waals surface area contributed by atoms with E-state index in [9.17, 15) is 0 Å². The first-order valence-electron chi connectivity index (χ1n) is 6.79. The minimum atomic E-state index is 0.942. The van der Waals surface area contributed by atoms with Gasteiger partial charge >= 0.3 is 0 Å². The molecular formula is C18H21NO. The Bertz CT molecular complexity index is 633. The highest BCUT2D eigenvalue weighted by atomic mass is 16.5. The van der Waals surface area contributed by atoms with Crippen LogP contribution in [0.2, 0.25) is 0 Å². The Morgan fingerprint density at radius 3 is 2.20 bits per heavy atom. The van der Waals surface area contributed by atoms with Crippen LogP contribution in [-0.4, -0.2) is 12.8 Å². The highest BCUT2D eigenvalue weighted by Gasteiger charge is 2.05. The third kappa shape index (κ3) is 3.08. The summed E-state index contributed by atoms with van der Waals surface area (Å²) in [5.41, 5.74) is 6.64. The maximum absolute atomic E-state index is 5.39. The van der Waals surface area contributed by atoms with Gasteiger partial charge in [-0.25, -0.2) is 0 Å². The highest BCUT2D eigenvalue weighted by Crippen LogP contribution is 2.28. The summed E-state index contributed by atoms with van der Waals surface area (Å²) in [7, 11) is 1.70. The molecule has 0 aliphatic heterocycles. The van der Waals surface area contributed by atoms with Crippen molar-refractivity contribution in [1.29, 1.82) is 0 Å². The predicted octanol–water partition coefficient (Wildman–Crippen LogP) is 4.76. The maximum atomic E-state index is 5.39. The Kier molecular flexibility index (Phi) is 4.23. The van der Waals surface area contributed by atoms with E-state index >= 15 is 0 Å². The molecule has 0 aliphatic carbocycles. The van der Waals surface area contributed by atoms with E-state index in [1.807, 2.05) is 20.8 Å². The zero-order valence-corrected chi connectivity index (χ0v) is 12.8. The molecular weight excluding hydrogens is 246 g/mol. The molecule has 2 rings (SSSR count). The summed E-state index contributed by atoms with van der Waals surface area (Å²) < 4.78 is 5.39. The molecule has 0 aliphatic rings. The number of ether oxygens (including phenoxy) is 1. The van der Waals surface area contributed by atoms with Crippen molar-refractivity contribution in [3.63, 3.8) is 0 Å². The molecule has 0 saturated carbocycles. The summed E-state index contributed by atoms with van der Waals surface area (Å²) in [6.07, 6.45) is 0. The first kappa shape index (κ1) is 14.3. The van der Waals surface area contributed by atoms with E-state index in [0.29, 0.717) is 0 Å². The van der Waals surface area contributed by atoms with Crippen LogP contribution in [0, 0.1) is 20.8 Å². The Morgan fingerprint density at radius 2 is 1.65 bits per heavy atom. The Morgan fingerprint density at radius 1 is 1.00 bits per heavy atom. The second kappa shape index (κ2) is 5.91. The molecule has 0 spiro atoms. The lowest BCUT2D eigenvalue weighted by Crippen LogP contribution is -1.95. The molecule has 2 heteroatoms. The van der Waals surface area contributed by atoms with Crippen LogP contribution in [0.4, 0.5) is 5.69 Å². The van der Waals surface area contributed by atoms with E-state index in [4.69, 9.17) is 9.73 Å². The van der Waals surface area contributed by atoms with Gasteiger partial charge in [-0.3, -0.25) is 4.99 Å². The quantitative estimate of drug-likeness (QED) is 0.735. The molecule has 104 valence electrons. The van der Waals surface area contributed by atoms with Gasteiger partial charge in [0, 0.05) is 5.71 Å². The lowest BCUT2D eigenvalue weighted by atomic mass is 10.1. The van der Waals surface area contributed by atoms with Gasteiger partial charge in [0.1, 0.15) is 5.75 Å². The number of aryl methyl sites for hydroxylation is 3. The summed E-state index contributed by atoms with van der Waals surface area (Å²) in [5.74, 6) is 0.942. The standard InChI is InChI=1S/C18H21NO/c1-12-7-6-8-16(9-12)15(4)19-17-10-13(2)18(20-5)14(3)11-17/h6-11H,1-5H3. The van der Waals surface area contributed by atoms with Crippen LogP contribution in [0.1, 0.15) is 29.2 Å². The molecule has 0 bridgehead atoms. The van der Waals surface area contributed by atoms with Gasteiger partial charge in [-0.05, 0) is 56.5 Å². The van der Waals surface area contributed by atoms with Crippen LogP contribution < -0.4 is 4.74 Å². The number of aliphatic imine (C=N–C) groups is 1. The first-order chi connectivity index (χ1) is 9.51. The Balaban J connectivity index is 2.40. The molecule has 0 aromatic heterocycles.